The Morgan fingerprint density at radius 3 is 2.71 bits per heavy atom. The van der Waals surface area contributed by atoms with Crippen LogP contribution in [0.5, 0.6) is 5.75 Å². The van der Waals surface area contributed by atoms with Gasteiger partial charge in [0.1, 0.15) is 10.9 Å². The maximum atomic E-state index is 12.3. The zero-order valence-electron chi connectivity index (χ0n) is 12.8. The molecule has 1 aliphatic rings. The summed E-state index contributed by atoms with van der Waals surface area (Å²) in [6.07, 6.45) is 0.483. The van der Waals surface area contributed by atoms with Crippen LogP contribution < -0.4 is 9.46 Å². The van der Waals surface area contributed by atoms with Crippen molar-refractivity contribution >= 4 is 27.5 Å². The van der Waals surface area contributed by atoms with Crippen LogP contribution in [0.3, 0.4) is 0 Å². The quantitative estimate of drug-likeness (QED) is 0.839. The fourth-order valence-corrected chi connectivity index (χ4v) is 3.82. The molecule has 0 saturated heterocycles. The van der Waals surface area contributed by atoms with Gasteiger partial charge in [0, 0.05) is 17.7 Å². The average molecular weight is 367 g/mol. The lowest BCUT2D eigenvalue weighted by atomic mass is 9.97. The standard InChI is InChI=1S/C16H15ClN2O4S/c1-10-12-4-2-3-5-13(12)23-15(10)16(20)19-24(21,22)9-11-6-7-14(17)18-8-11/h2-8,10,15H,9H2,1H3,(H,19,20)/t10-,15+/m1/s1. The number of pyridine rings is 1. The van der Waals surface area contributed by atoms with Gasteiger partial charge >= 0.3 is 0 Å². The fraction of sp³-hybridized carbons (Fsp3) is 0.250. The summed E-state index contributed by atoms with van der Waals surface area (Å²) in [7, 11) is -3.86. The Balaban J connectivity index is 1.69. The van der Waals surface area contributed by atoms with E-state index in [1.807, 2.05) is 19.1 Å². The summed E-state index contributed by atoms with van der Waals surface area (Å²) in [6, 6.07) is 10.3. The van der Waals surface area contributed by atoms with E-state index in [0.29, 0.717) is 11.3 Å². The number of ether oxygens (including phenoxy) is 1. The Labute approximate surface area is 144 Å². The number of hydrogen-bond acceptors (Lipinski definition) is 5. The molecule has 3 rings (SSSR count). The van der Waals surface area contributed by atoms with Crippen molar-refractivity contribution in [3.63, 3.8) is 0 Å². The van der Waals surface area contributed by atoms with Gasteiger partial charge in [-0.3, -0.25) is 4.79 Å². The molecule has 2 aromatic rings. The minimum Gasteiger partial charge on any atom is -0.480 e. The van der Waals surface area contributed by atoms with Crippen molar-refractivity contribution in [2.24, 2.45) is 0 Å². The minimum absolute atomic E-state index is 0.228. The van der Waals surface area contributed by atoms with Crippen molar-refractivity contribution in [3.8, 4) is 5.75 Å². The van der Waals surface area contributed by atoms with Gasteiger partial charge in [-0.2, -0.15) is 0 Å². The number of halogens is 1. The van der Waals surface area contributed by atoms with E-state index in [-0.39, 0.29) is 16.8 Å². The second-order valence-electron chi connectivity index (χ2n) is 5.58. The summed E-state index contributed by atoms with van der Waals surface area (Å²) >= 11 is 5.67. The number of carbonyl (C=O) groups is 1. The number of hydrogen-bond donors (Lipinski definition) is 1. The molecule has 6 nitrogen and oxygen atoms in total. The van der Waals surface area contributed by atoms with Crippen molar-refractivity contribution in [1.82, 2.24) is 9.71 Å². The molecule has 8 heteroatoms. The van der Waals surface area contributed by atoms with Crippen molar-refractivity contribution in [1.29, 1.82) is 0 Å². The lowest BCUT2D eigenvalue weighted by molar-refractivity contribution is -0.126. The second kappa shape index (κ2) is 6.41. The van der Waals surface area contributed by atoms with E-state index in [0.717, 1.165) is 5.56 Å². The van der Waals surface area contributed by atoms with Gasteiger partial charge in [0.2, 0.25) is 10.0 Å². The van der Waals surface area contributed by atoms with Gasteiger partial charge in [-0.05, 0) is 17.7 Å². The number of rotatable bonds is 4. The summed E-state index contributed by atoms with van der Waals surface area (Å²) in [6.45, 7) is 1.83. The first-order valence-corrected chi connectivity index (χ1v) is 9.29. The molecule has 0 aliphatic carbocycles. The molecule has 1 aromatic carbocycles. The molecular formula is C16H15ClN2O4S. The van der Waals surface area contributed by atoms with Crippen LogP contribution in [0.1, 0.15) is 24.0 Å². The van der Waals surface area contributed by atoms with Crippen LogP contribution in [0.2, 0.25) is 5.15 Å². The Bertz CT molecular complexity index is 868. The molecule has 1 amide bonds. The molecule has 1 aliphatic heterocycles. The molecule has 0 fully saturated rings. The van der Waals surface area contributed by atoms with Crippen LogP contribution in [0.25, 0.3) is 0 Å². The number of sulfonamides is 1. The monoisotopic (exact) mass is 366 g/mol. The van der Waals surface area contributed by atoms with Crippen LogP contribution in [0.15, 0.2) is 42.6 Å². The first-order valence-electron chi connectivity index (χ1n) is 7.26. The van der Waals surface area contributed by atoms with Crippen molar-refractivity contribution in [2.75, 3.05) is 0 Å². The van der Waals surface area contributed by atoms with Gasteiger partial charge in [0.25, 0.3) is 5.91 Å². The van der Waals surface area contributed by atoms with Crippen molar-refractivity contribution < 1.29 is 17.9 Å². The number of nitrogens with zero attached hydrogens (tertiary/aromatic N) is 1. The summed E-state index contributed by atoms with van der Waals surface area (Å²) in [4.78, 5) is 16.2. The Morgan fingerprint density at radius 2 is 2.04 bits per heavy atom. The molecule has 0 radical (unpaired) electrons. The number of fused-ring (bicyclic) bond motifs is 1. The van der Waals surface area contributed by atoms with E-state index >= 15 is 0 Å². The number of para-hydroxylation sites is 1. The van der Waals surface area contributed by atoms with Gasteiger partial charge in [-0.1, -0.05) is 42.8 Å². The number of benzene rings is 1. The first-order chi connectivity index (χ1) is 11.4. The third kappa shape index (κ3) is 3.52. The fourth-order valence-electron chi connectivity index (χ4n) is 2.61. The molecule has 2 heterocycles. The number of aromatic nitrogens is 1. The van der Waals surface area contributed by atoms with Crippen molar-refractivity contribution in [2.45, 2.75) is 24.7 Å². The highest BCUT2D eigenvalue weighted by Gasteiger charge is 2.37. The van der Waals surface area contributed by atoms with E-state index in [2.05, 4.69) is 9.71 Å². The highest BCUT2D eigenvalue weighted by atomic mass is 35.5. The molecule has 126 valence electrons. The first kappa shape index (κ1) is 16.7. The zero-order chi connectivity index (χ0) is 17.3. The lowest BCUT2D eigenvalue weighted by Gasteiger charge is -2.15. The van der Waals surface area contributed by atoms with Crippen LogP contribution in [0, 0.1) is 0 Å². The Hall–Kier alpha value is -2.12. The molecule has 0 saturated carbocycles. The van der Waals surface area contributed by atoms with E-state index in [4.69, 9.17) is 16.3 Å². The number of amides is 1. The summed E-state index contributed by atoms with van der Waals surface area (Å²) in [5.74, 6) is -0.671. The maximum Gasteiger partial charge on any atom is 0.275 e. The highest BCUT2D eigenvalue weighted by molar-refractivity contribution is 7.89. The van der Waals surface area contributed by atoms with Gasteiger partial charge in [0.05, 0.1) is 5.75 Å². The summed E-state index contributed by atoms with van der Waals surface area (Å²) in [5.41, 5.74) is 1.32. The number of nitrogens with one attached hydrogen (secondary N) is 1. The minimum atomic E-state index is -3.86. The van der Waals surface area contributed by atoms with Crippen LogP contribution in [-0.4, -0.2) is 25.4 Å². The Kier molecular flexibility index (Phi) is 4.47. The zero-order valence-corrected chi connectivity index (χ0v) is 14.3. The van der Waals surface area contributed by atoms with Crippen LogP contribution in [-0.2, 0) is 20.6 Å². The topological polar surface area (TPSA) is 85.4 Å². The van der Waals surface area contributed by atoms with Crippen LogP contribution in [0.4, 0.5) is 0 Å². The van der Waals surface area contributed by atoms with E-state index in [1.54, 1.807) is 18.2 Å². The highest BCUT2D eigenvalue weighted by Crippen LogP contribution is 2.37. The van der Waals surface area contributed by atoms with Gasteiger partial charge in [0.15, 0.2) is 6.10 Å². The summed E-state index contributed by atoms with van der Waals surface area (Å²) < 4.78 is 32.0. The normalized spacial score (nSPS) is 19.4. The maximum absolute atomic E-state index is 12.3. The van der Waals surface area contributed by atoms with Crippen molar-refractivity contribution in [3.05, 3.63) is 58.9 Å². The molecule has 2 atom stereocenters. The van der Waals surface area contributed by atoms with Gasteiger partial charge in [-0.15, -0.1) is 0 Å². The van der Waals surface area contributed by atoms with Gasteiger partial charge in [-0.25, -0.2) is 18.1 Å². The predicted octanol–water partition coefficient (Wildman–Crippen LogP) is 2.25. The Morgan fingerprint density at radius 1 is 1.29 bits per heavy atom. The third-order valence-corrected chi connectivity index (χ3v) is 5.23. The predicted molar refractivity (Wildman–Crippen MR) is 89.3 cm³/mol. The average Bonchev–Trinajstić information content (AvgIpc) is 2.87. The number of carbonyl (C=O) groups excluding carboxylic acids is 1. The lowest BCUT2D eigenvalue weighted by Crippen LogP contribution is -2.42. The van der Waals surface area contributed by atoms with E-state index in [9.17, 15) is 13.2 Å². The molecule has 24 heavy (non-hydrogen) atoms. The summed E-state index contributed by atoms with van der Waals surface area (Å²) in [5, 5.41) is 0.270. The second-order valence-corrected chi connectivity index (χ2v) is 7.69. The largest absolute Gasteiger partial charge is 0.480 e. The molecule has 0 spiro atoms. The molecule has 0 unspecified atom stereocenters. The molecule has 1 N–H and O–H groups in total. The van der Waals surface area contributed by atoms with E-state index in [1.165, 1.54) is 12.3 Å². The smallest absolute Gasteiger partial charge is 0.275 e. The molecular weight excluding hydrogens is 352 g/mol. The third-order valence-electron chi connectivity index (χ3n) is 3.78. The molecule has 1 aromatic heterocycles. The molecule has 0 bridgehead atoms. The van der Waals surface area contributed by atoms with E-state index < -0.39 is 22.0 Å². The SMILES string of the molecule is C[C@@H]1c2ccccc2O[C@@H]1C(=O)NS(=O)(=O)Cc1ccc(Cl)nc1. The van der Waals surface area contributed by atoms with Crippen LogP contribution >= 0.6 is 11.6 Å². The van der Waals surface area contributed by atoms with Gasteiger partial charge < -0.3 is 4.74 Å².